The number of rotatable bonds is 7. The second-order valence-corrected chi connectivity index (χ2v) is 3.89. The molecule has 0 bridgehead atoms. The number of hydrogen-bond acceptors (Lipinski definition) is 5. The molecule has 0 aliphatic rings. The van der Waals surface area contributed by atoms with Gasteiger partial charge in [-0.25, -0.2) is 0 Å². The zero-order chi connectivity index (χ0) is 12.7. The number of nitrogen functional groups attached to an aromatic ring is 1. The highest BCUT2D eigenvalue weighted by atomic mass is 16.3. The van der Waals surface area contributed by atoms with Crippen molar-refractivity contribution in [3.63, 3.8) is 0 Å². The Morgan fingerprint density at radius 3 is 2.24 bits per heavy atom. The van der Waals surface area contributed by atoms with Crippen molar-refractivity contribution in [2.75, 3.05) is 38.6 Å². The highest BCUT2D eigenvalue weighted by molar-refractivity contribution is 5.47. The molecule has 0 aliphatic heterocycles. The van der Waals surface area contributed by atoms with Crippen LogP contribution in [0.1, 0.15) is 11.7 Å². The molecule has 1 atom stereocenters. The van der Waals surface area contributed by atoms with Crippen LogP contribution in [0.25, 0.3) is 0 Å². The first-order chi connectivity index (χ1) is 8.19. The minimum Gasteiger partial charge on any atom is -0.398 e. The number of anilines is 1. The van der Waals surface area contributed by atoms with Crippen molar-refractivity contribution in [2.24, 2.45) is 0 Å². The van der Waals surface area contributed by atoms with E-state index < -0.39 is 6.10 Å². The molecular formula is C12H20N2O3. The summed E-state index contributed by atoms with van der Waals surface area (Å²) in [5, 5.41) is 27.8. The lowest BCUT2D eigenvalue weighted by Gasteiger charge is -2.24. The fourth-order valence-corrected chi connectivity index (χ4v) is 1.73. The predicted molar refractivity (Wildman–Crippen MR) is 66.4 cm³/mol. The quantitative estimate of drug-likeness (QED) is 0.486. The topological polar surface area (TPSA) is 90.0 Å². The van der Waals surface area contributed by atoms with Crippen LogP contribution < -0.4 is 5.73 Å². The largest absolute Gasteiger partial charge is 0.398 e. The lowest BCUT2D eigenvalue weighted by atomic mass is 10.1. The molecule has 1 unspecified atom stereocenters. The van der Waals surface area contributed by atoms with Crippen LogP contribution in [0, 0.1) is 0 Å². The average molecular weight is 240 g/mol. The third-order valence-corrected chi connectivity index (χ3v) is 2.62. The summed E-state index contributed by atoms with van der Waals surface area (Å²) in [6, 6.07) is 7.14. The van der Waals surface area contributed by atoms with Crippen molar-refractivity contribution in [1.29, 1.82) is 0 Å². The molecule has 0 amide bonds. The molecule has 0 radical (unpaired) electrons. The van der Waals surface area contributed by atoms with Gasteiger partial charge in [0.05, 0.1) is 19.3 Å². The monoisotopic (exact) mass is 240 g/mol. The van der Waals surface area contributed by atoms with Crippen LogP contribution in [0.4, 0.5) is 5.69 Å². The van der Waals surface area contributed by atoms with Crippen molar-refractivity contribution in [1.82, 2.24) is 4.90 Å². The number of hydrogen-bond donors (Lipinski definition) is 4. The molecule has 5 N–H and O–H groups in total. The lowest BCUT2D eigenvalue weighted by Crippen LogP contribution is -2.33. The Kier molecular flexibility index (Phi) is 5.93. The minimum atomic E-state index is -0.714. The van der Waals surface area contributed by atoms with Gasteiger partial charge in [0.25, 0.3) is 0 Å². The van der Waals surface area contributed by atoms with E-state index in [0.717, 1.165) is 0 Å². The molecule has 0 heterocycles. The lowest BCUT2D eigenvalue weighted by molar-refractivity contribution is 0.0878. The summed E-state index contributed by atoms with van der Waals surface area (Å²) in [4.78, 5) is 1.79. The molecule has 0 aromatic heterocycles. The van der Waals surface area contributed by atoms with Gasteiger partial charge in [0, 0.05) is 30.9 Å². The van der Waals surface area contributed by atoms with Gasteiger partial charge in [0.15, 0.2) is 0 Å². The first-order valence-electron chi connectivity index (χ1n) is 5.65. The fourth-order valence-electron chi connectivity index (χ4n) is 1.73. The molecule has 96 valence electrons. The Bertz CT molecular complexity index is 327. The van der Waals surface area contributed by atoms with E-state index in [-0.39, 0.29) is 13.2 Å². The average Bonchev–Trinajstić information content (AvgIpc) is 2.30. The van der Waals surface area contributed by atoms with Gasteiger partial charge in [0.2, 0.25) is 0 Å². The molecule has 0 saturated heterocycles. The SMILES string of the molecule is Nc1ccccc1C(O)CN(CCO)CCO. The second-order valence-electron chi connectivity index (χ2n) is 3.89. The van der Waals surface area contributed by atoms with Gasteiger partial charge >= 0.3 is 0 Å². The van der Waals surface area contributed by atoms with Crippen LogP contribution in [0.5, 0.6) is 0 Å². The summed E-state index contributed by atoms with van der Waals surface area (Å²) in [7, 11) is 0. The number of para-hydroxylation sites is 1. The van der Waals surface area contributed by atoms with Gasteiger partial charge in [-0.3, -0.25) is 4.90 Å². The third-order valence-electron chi connectivity index (χ3n) is 2.62. The zero-order valence-electron chi connectivity index (χ0n) is 9.79. The van der Waals surface area contributed by atoms with E-state index in [1.165, 1.54) is 0 Å². The Morgan fingerprint density at radius 1 is 1.12 bits per heavy atom. The van der Waals surface area contributed by atoms with Crippen LogP contribution in [-0.2, 0) is 0 Å². The highest BCUT2D eigenvalue weighted by Crippen LogP contribution is 2.20. The summed E-state index contributed by atoms with van der Waals surface area (Å²) in [5.74, 6) is 0. The van der Waals surface area contributed by atoms with Crippen LogP contribution in [0.3, 0.4) is 0 Å². The standard InChI is InChI=1S/C12H20N2O3/c13-11-4-2-1-3-10(11)12(17)9-14(5-7-15)6-8-16/h1-4,12,15-17H,5-9,13H2. The van der Waals surface area contributed by atoms with Gasteiger partial charge in [-0.05, 0) is 6.07 Å². The van der Waals surface area contributed by atoms with Gasteiger partial charge in [-0.2, -0.15) is 0 Å². The molecule has 17 heavy (non-hydrogen) atoms. The van der Waals surface area contributed by atoms with Gasteiger partial charge in [-0.1, -0.05) is 18.2 Å². The van der Waals surface area contributed by atoms with E-state index in [9.17, 15) is 5.11 Å². The van der Waals surface area contributed by atoms with Gasteiger partial charge in [0.1, 0.15) is 0 Å². The molecule has 5 nitrogen and oxygen atoms in total. The number of aliphatic hydroxyl groups excluding tert-OH is 3. The first-order valence-corrected chi connectivity index (χ1v) is 5.65. The maximum Gasteiger partial charge on any atom is 0.0936 e. The molecule has 0 fully saturated rings. The predicted octanol–water partition coefficient (Wildman–Crippen LogP) is -0.411. The molecule has 1 aromatic rings. The third kappa shape index (κ3) is 4.32. The molecular weight excluding hydrogens is 220 g/mol. The van der Waals surface area contributed by atoms with Crippen LogP contribution in [-0.4, -0.2) is 53.1 Å². The maximum absolute atomic E-state index is 10.0. The van der Waals surface area contributed by atoms with Crippen molar-refractivity contribution >= 4 is 5.69 Å². The maximum atomic E-state index is 10.0. The molecule has 0 spiro atoms. The summed E-state index contributed by atoms with van der Waals surface area (Å²) < 4.78 is 0. The smallest absolute Gasteiger partial charge is 0.0936 e. The normalized spacial score (nSPS) is 12.9. The molecule has 0 saturated carbocycles. The molecule has 1 rings (SSSR count). The summed E-state index contributed by atoms with van der Waals surface area (Å²) in [6.07, 6.45) is -0.714. The minimum absolute atomic E-state index is 0.00298. The van der Waals surface area contributed by atoms with E-state index in [2.05, 4.69) is 0 Å². The van der Waals surface area contributed by atoms with E-state index in [1.54, 1.807) is 17.0 Å². The van der Waals surface area contributed by atoms with E-state index >= 15 is 0 Å². The Labute approximate surface area is 101 Å². The van der Waals surface area contributed by atoms with Crippen LogP contribution >= 0.6 is 0 Å². The summed E-state index contributed by atoms with van der Waals surface area (Å²) >= 11 is 0. The Morgan fingerprint density at radius 2 is 1.71 bits per heavy atom. The van der Waals surface area contributed by atoms with Crippen molar-refractivity contribution < 1.29 is 15.3 Å². The van der Waals surface area contributed by atoms with E-state index in [0.29, 0.717) is 30.9 Å². The van der Waals surface area contributed by atoms with Crippen molar-refractivity contribution in [3.8, 4) is 0 Å². The van der Waals surface area contributed by atoms with Crippen LogP contribution in [0.2, 0.25) is 0 Å². The Hall–Kier alpha value is -1.14. The number of nitrogens with two attached hydrogens (primary N) is 1. The van der Waals surface area contributed by atoms with Crippen molar-refractivity contribution in [3.05, 3.63) is 29.8 Å². The van der Waals surface area contributed by atoms with E-state index in [4.69, 9.17) is 15.9 Å². The highest BCUT2D eigenvalue weighted by Gasteiger charge is 2.14. The Balaban J connectivity index is 2.63. The number of benzene rings is 1. The number of nitrogens with zero attached hydrogens (tertiary/aromatic N) is 1. The van der Waals surface area contributed by atoms with Gasteiger partial charge in [-0.15, -0.1) is 0 Å². The first kappa shape index (κ1) is 13.9. The summed E-state index contributed by atoms with van der Waals surface area (Å²) in [6.45, 7) is 1.18. The fraction of sp³-hybridized carbons (Fsp3) is 0.500. The summed E-state index contributed by atoms with van der Waals surface area (Å²) in [5.41, 5.74) is 6.99. The molecule has 5 heteroatoms. The molecule has 0 aliphatic carbocycles. The second kappa shape index (κ2) is 7.24. The van der Waals surface area contributed by atoms with Crippen LogP contribution in [0.15, 0.2) is 24.3 Å². The van der Waals surface area contributed by atoms with Crippen molar-refractivity contribution in [2.45, 2.75) is 6.10 Å². The number of aliphatic hydroxyl groups is 3. The van der Waals surface area contributed by atoms with Gasteiger partial charge < -0.3 is 21.1 Å². The van der Waals surface area contributed by atoms with E-state index in [1.807, 2.05) is 12.1 Å². The molecule has 1 aromatic carbocycles. The zero-order valence-corrected chi connectivity index (χ0v) is 9.79.